The van der Waals surface area contributed by atoms with Gasteiger partial charge in [-0.25, -0.2) is 4.98 Å². The zero-order valence-corrected chi connectivity index (χ0v) is 13.0. The van der Waals surface area contributed by atoms with Crippen molar-refractivity contribution in [1.29, 1.82) is 0 Å². The summed E-state index contributed by atoms with van der Waals surface area (Å²) in [5.74, 6) is 0. The van der Waals surface area contributed by atoms with Crippen molar-refractivity contribution in [2.75, 3.05) is 19.6 Å². The Labute approximate surface area is 125 Å². The summed E-state index contributed by atoms with van der Waals surface area (Å²) in [6, 6.07) is 7.59. The van der Waals surface area contributed by atoms with Gasteiger partial charge in [0, 0.05) is 13.1 Å². The van der Waals surface area contributed by atoms with Gasteiger partial charge in [-0.15, -0.1) is 0 Å². The summed E-state index contributed by atoms with van der Waals surface area (Å²) in [5.41, 5.74) is 7.86. The van der Waals surface area contributed by atoms with Crippen molar-refractivity contribution in [1.82, 2.24) is 14.9 Å². The van der Waals surface area contributed by atoms with Gasteiger partial charge in [-0.05, 0) is 30.6 Å². The summed E-state index contributed by atoms with van der Waals surface area (Å²) in [6.45, 7) is 9.21. The topological polar surface area (TPSA) is 75.0 Å². The maximum Gasteiger partial charge on any atom is 0.271 e. The minimum absolute atomic E-state index is 0.0274. The molecule has 114 valence electrons. The Kier molecular flexibility index (Phi) is 4.75. The first-order valence-electron chi connectivity index (χ1n) is 7.35. The van der Waals surface area contributed by atoms with Gasteiger partial charge in [-0.2, -0.15) is 0 Å². The highest BCUT2D eigenvalue weighted by Crippen LogP contribution is 2.16. The summed E-state index contributed by atoms with van der Waals surface area (Å²) in [5, 5.41) is 0. The summed E-state index contributed by atoms with van der Waals surface area (Å²) in [4.78, 5) is 21.8. The van der Waals surface area contributed by atoms with E-state index in [0.717, 1.165) is 24.1 Å². The Hall–Kier alpha value is -1.72. The Bertz CT molecular complexity index is 663. The number of para-hydroxylation sites is 2. The molecule has 1 aromatic heterocycles. The molecule has 0 aliphatic carbocycles. The van der Waals surface area contributed by atoms with Crippen LogP contribution in [0.5, 0.6) is 0 Å². The molecule has 0 spiro atoms. The normalized spacial score (nSPS) is 12.2. The molecule has 0 aliphatic rings. The fraction of sp³-hybridized carbons (Fsp3) is 0.500. The van der Waals surface area contributed by atoms with E-state index in [-0.39, 0.29) is 11.0 Å². The van der Waals surface area contributed by atoms with Gasteiger partial charge < -0.3 is 10.7 Å². The molecule has 1 heterocycles. The Morgan fingerprint density at radius 2 is 2.05 bits per heavy atom. The smallest absolute Gasteiger partial charge is 0.271 e. The first kappa shape index (κ1) is 15.7. The lowest BCUT2D eigenvalue weighted by atomic mass is 9.93. The standard InChI is InChI=1S/C16H24N4O/c1-4-20(11-16(2,3)10-17)9-14-15(21)19-13-8-6-5-7-12(13)18-14/h5-8H,4,9-11,17H2,1-3H3,(H,19,21). The van der Waals surface area contributed by atoms with Crippen LogP contribution in [-0.2, 0) is 6.54 Å². The summed E-state index contributed by atoms with van der Waals surface area (Å²) < 4.78 is 0. The van der Waals surface area contributed by atoms with E-state index in [9.17, 15) is 4.79 Å². The van der Waals surface area contributed by atoms with Crippen LogP contribution in [0.15, 0.2) is 29.1 Å². The number of rotatable bonds is 6. The van der Waals surface area contributed by atoms with Crippen molar-refractivity contribution in [2.24, 2.45) is 11.1 Å². The maximum absolute atomic E-state index is 12.2. The first-order chi connectivity index (χ1) is 9.95. The van der Waals surface area contributed by atoms with Crippen LogP contribution in [0.4, 0.5) is 0 Å². The zero-order chi connectivity index (χ0) is 15.5. The lowest BCUT2D eigenvalue weighted by molar-refractivity contribution is 0.181. The molecule has 0 fully saturated rings. The number of aromatic nitrogens is 2. The molecular formula is C16H24N4O. The number of H-pyrrole nitrogens is 1. The quantitative estimate of drug-likeness (QED) is 0.849. The molecule has 0 amide bonds. The SMILES string of the molecule is CCN(Cc1nc2ccccc2[nH]c1=O)CC(C)(C)CN. The van der Waals surface area contributed by atoms with Gasteiger partial charge in [-0.1, -0.05) is 32.9 Å². The molecule has 0 atom stereocenters. The van der Waals surface area contributed by atoms with Gasteiger partial charge in [0.15, 0.2) is 0 Å². The molecule has 5 heteroatoms. The van der Waals surface area contributed by atoms with E-state index in [2.05, 4.69) is 35.6 Å². The third kappa shape index (κ3) is 3.89. The molecule has 3 N–H and O–H groups in total. The summed E-state index contributed by atoms with van der Waals surface area (Å²) >= 11 is 0. The lowest BCUT2D eigenvalue weighted by Gasteiger charge is -2.30. The van der Waals surface area contributed by atoms with E-state index in [1.54, 1.807) is 0 Å². The number of hydrogen-bond acceptors (Lipinski definition) is 4. The minimum atomic E-state index is -0.113. The molecule has 0 bridgehead atoms. The number of nitrogens with two attached hydrogens (primary N) is 1. The highest BCUT2D eigenvalue weighted by atomic mass is 16.1. The molecule has 5 nitrogen and oxygen atoms in total. The monoisotopic (exact) mass is 288 g/mol. The second-order valence-corrected chi connectivity index (χ2v) is 6.20. The van der Waals surface area contributed by atoms with Crippen LogP contribution in [0.2, 0.25) is 0 Å². The summed E-state index contributed by atoms with van der Waals surface area (Å²) in [6.07, 6.45) is 0. The van der Waals surface area contributed by atoms with Crippen molar-refractivity contribution in [3.8, 4) is 0 Å². The molecular weight excluding hydrogens is 264 g/mol. The minimum Gasteiger partial charge on any atom is -0.330 e. The van der Waals surface area contributed by atoms with E-state index >= 15 is 0 Å². The van der Waals surface area contributed by atoms with Gasteiger partial charge in [0.05, 0.1) is 11.0 Å². The number of fused-ring (bicyclic) bond motifs is 1. The van der Waals surface area contributed by atoms with E-state index in [1.807, 2.05) is 24.3 Å². The molecule has 21 heavy (non-hydrogen) atoms. The van der Waals surface area contributed by atoms with Crippen LogP contribution in [0.1, 0.15) is 26.5 Å². The van der Waals surface area contributed by atoms with Gasteiger partial charge >= 0.3 is 0 Å². The molecule has 0 saturated heterocycles. The van der Waals surface area contributed by atoms with Gasteiger partial charge in [0.1, 0.15) is 5.69 Å². The molecule has 0 saturated carbocycles. The van der Waals surface area contributed by atoms with Crippen molar-refractivity contribution in [2.45, 2.75) is 27.3 Å². The second-order valence-electron chi connectivity index (χ2n) is 6.20. The maximum atomic E-state index is 12.2. The molecule has 1 aromatic carbocycles. The van der Waals surface area contributed by atoms with Gasteiger partial charge in [0.25, 0.3) is 5.56 Å². The predicted octanol–water partition coefficient (Wildman–Crippen LogP) is 1.73. The first-order valence-corrected chi connectivity index (χ1v) is 7.35. The van der Waals surface area contributed by atoms with Gasteiger partial charge in [-0.3, -0.25) is 9.69 Å². The van der Waals surface area contributed by atoms with E-state index < -0.39 is 0 Å². The van der Waals surface area contributed by atoms with Crippen LogP contribution >= 0.6 is 0 Å². The van der Waals surface area contributed by atoms with Crippen LogP contribution in [0.3, 0.4) is 0 Å². The van der Waals surface area contributed by atoms with Crippen LogP contribution in [-0.4, -0.2) is 34.5 Å². The highest BCUT2D eigenvalue weighted by Gasteiger charge is 2.20. The van der Waals surface area contributed by atoms with Crippen molar-refractivity contribution in [3.63, 3.8) is 0 Å². The number of nitrogens with one attached hydrogen (secondary N) is 1. The molecule has 2 aromatic rings. The van der Waals surface area contributed by atoms with Crippen LogP contribution < -0.4 is 11.3 Å². The third-order valence-corrected chi connectivity index (χ3v) is 3.69. The second kappa shape index (κ2) is 6.37. The molecule has 0 aliphatic heterocycles. The Balaban J connectivity index is 2.25. The van der Waals surface area contributed by atoms with Crippen molar-refractivity contribution < 1.29 is 0 Å². The largest absolute Gasteiger partial charge is 0.330 e. The average molecular weight is 288 g/mol. The van der Waals surface area contributed by atoms with E-state index in [0.29, 0.717) is 18.8 Å². The Morgan fingerprint density at radius 3 is 2.71 bits per heavy atom. The number of benzene rings is 1. The van der Waals surface area contributed by atoms with E-state index in [4.69, 9.17) is 5.73 Å². The highest BCUT2D eigenvalue weighted by molar-refractivity contribution is 5.73. The third-order valence-electron chi connectivity index (χ3n) is 3.69. The van der Waals surface area contributed by atoms with E-state index in [1.165, 1.54) is 0 Å². The summed E-state index contributed by atoms with van der Waals surface area (Å²) in [7, 11) is 0. The fourth-order valence-corrected chi connectivity index (χ4v) is 2.34. The number of hydrogen-bond donors (Lipinski definition) is 2. The van der Waals surface area contributed by atoms with Crippen LogP contribution in [0.25, 0.3) is 11.0 Å². The molecule has 0 radical (unpaired) electrons. The number of aromatic amines is 1. The van der Waals surface area contributed by atoms with Gasteiger partial charge in [0.2, 0.25) is 0 Å². The number of nitrogens with zero attached hydrogens (tertiary/aromatic N) is 2. The average Bonchev–Trinajstić information content (AvgIpc) is 2.47. The predicted molar refractivity (Wildman–Crippen MR) is 86.2 cm³/mol. The molecule has 2 rings (SSSR count). The lowest BCUT2D eigenvalue weighted by Crippen LogP contribution is -2.39. The van der Waals surface area contributed by atoms with Crippen LogP contribution in [0, 0.1) is 5.41 Å². The zero-order valence-electron chi connectivity index (χ0n) is 13.0. The fourth-order valence-electron chi connectivity index (χ4n) is 2.34. The van der Waals surface area contributed by atoms with Crippen molar-refractivity contribution >= 4 is 11.0 Å². The van der Waals surface area contributed by atoms with Crippen molar-refractivity contribution in [3.05, 3.63) is 40.3 Å². The Morgan fingerprint density at radius 1 is 1.33 bits per heavy atom. The molecule has 0 unspecified atom stereocenters.